The Morgan fingerprint density at radius 1 is 1.00 bits per heavy atom. The van der Waals surface area contributed by atoms with E-state index in [2.05, 4.69) is 15.2 Å². The van der Waals surface area contributed by atoms with E-state index in [-0.39, 0.29) is 5.56 Å². The SMILES string of the molecule is COc1cc(-c2cn(C)c(=O)c3cnc(NCCOCCOCCN)cc23)cc(OC)c1CN(C)C. The van der Waals surface area contributed by atoms with E-state index in [0.29, 0.717) is 57.3 Å². The summed E-state index contributed by atoms with van der Waals surface area (Å²) in [6, 6.07) is 5.85. The van der Waals surface area contributed by atoms with Gasteiger partial charge in [-0.2, -0.15) is 0 Å². The summed E-state index contributed by atoms with van der Waals surface area (Å²) in [7, 11) is 9.02. The molecule has 0 aliphatic carbocycles. The van der Waals surface area contributed by atoms with Crippen LogP contribution in [0.2, 0.25) is 0 Å². The van der Waals surface area contributed by atoms with Crippen LogP contribution in [0.25, 0.3) is 21.9 Å². The van der Waals surface area contributed by atoms with E-state index in [1.165, 1.54) is 0 Å². The minimum absolute atomic E-state index is 0.114. The molecule has 0 spiro atoms. The lowest BCUT2D eigenvalue weighted by molar-refractivity contribution is 0.0547. The zero-order chi connectivity index (χ0) is 26.1. The number of benzene rings is 1. The van der Waals surface area contributed by atoms with Crippen molar-refractivity contribution in [2.75, 3.05) is 73.1 Å². The van der Waals surface area contributed by atoms with Crippen LogP contribution in [0.15, 0.2) is 35.4 Å². The highest BCUT2D eigenvalue weighted by atomic mass is 16.5. The maximum absolute atomic E-state index is 12.9. The summed E-state index contributed by atoms with van der Waals surface area (Å²) in [5.74, 6) is 2.10. The largest absolute Gasteiger partial charge is 0.496 e. The van der Waals surface area contributed by atoms with Gasteiger partial charge in [0, 0.05) is 50.0 Å². The zero-order valence-corrected chi connectivity index (χ0v) is 21.8. The molecule has 3 N–H and O–H groups in total. The molecule has 0 saturated carbocycles. The third-order valence-corrected chi connectivity index (χ3v) is 5.65. The molecular weight excluding hydrogens is 462 g/mol. The van der Waals surface area contributed by atoms with Crippen LogP contribution in [0.4, 0.5) is 5.82 Å². The predicted molar refractivity (Wildman–Crippen MR) is 142 cm³/mol. The lowest BCUT2D eigenvalue weighted by Gasteiger charge is -2.19. The Morgan fingerprint density at radius 2 is 1.67 bits per heavy atom. The zero-order valence-electron chi connectivity index (χ0n) is 21.8. The van der Waals surface area contributed by atoms with E-state index in [9.17, 15) is 4.79 Å². The molecule has 0 unspecified atom stereocenters. The third-order valence-electron chi connectivity index (χ3n) is 5.65. The summed E-state index contributed by atoms with van der Waals surface area (Å²) in [6.07, 6.45) is 3.44. The predicted octanol–water partition coefficient (Wildman–Crippen LogP) is 2.08. The van der Waals surface area contributed by atoms with Crippen LogP contribution in [0.3, 0.4) is 0 Å². The van der Waals surface area contributed by atoms with Crippen molar-refractivity contribution in [3.8, 4) is 22.6 Å². The van der Waals surface area contributed by atoms with E-state index >= 15 is 0 Å². The van der Waals surface area contributed by atoms with Crippen molar-refractivity contribution in [3.63, 3.8) is 0 Å². The van der Waals surface area contributed by atoms with Gasteiger partial charge in [0.1, 0.15) is 17.3 Å². The number of nitrogens with two attached hydrogens (primary N) is 1. The van der Waals surface area contributed by atoms with E-state index in [1.807, 2.05) is 38.5 Å². The minimum Gasteiger partial charge on any atom is -0.496 e. The number of hydrogen-bond acceptors (Lipinski definition) is 9. The van der Waals surface area contributed by atoms with Gasteiger partial charge in [0.2, 0.25) is 0 Å². The van der Waals surface area contributed by atoms with Crippen molar-refractivity contribution in [2.24, 2.45) is 12.8 Å². The molecule has 1 aromatic carbocycles. The van der Waals surface area contributed by atoms with Crippen LogP contribution in [-0.4, -0.2) is 82.3 Å². The van der Waals surface area contributed by atoms with Crippen molar-refractivity contribution in [2.45, 2.75) is 6.54 Å². The molecule has 10 heteroatoms. The smallest absolute Gasteiger partial charge is 0.259 e. The van der Waals surface area contributed by atoms with Gasteiger partial charge in [0.05, 0.1) is 51.6 Å². The monoisotopic (exact) mass is 499 g/mol. The quantitative estimate of drug-likeness (QED) is 0.322. The highest BCUT2D eigenvalue weighted by Crippen LogP contribution is 2.37. The maximum atomic E-state index is 12.9. The highest BCUT2D eigenvalue weighted by molar-refractivity contribution is 5.97. The first-order valence-electron chi connectivity index (χ1n) is 11.9. The molecule has 0 atom stereocenters. The Morgan fingerprint density at radius 3 is 2.28 bits per heavy atom. The molecule has 0 aliphatic heterocycles. The first kappa shape index (κ1) is 27.4. The van der Waals surface area contributed by atoms with Crippen LogP contribution >= 0.6 is 0 Å². The molecule has 36 heavy (non-hydrogen) atoms. The van der Waals surface area contributed by atoms with Crippen molar-refractivity contribution in [3.05, 3.63) is 46.5 Å². The fourth-order valence-electron chi connectivity index (χ4n) is 3.96. The normalized spacial score (nSPS) is 11.3. The van der Waals surface area contributed by atoms with Crippen LogP contribution in [-0.2, 0) is 23.1 Å². The van der Waals surface area contributed by atoms with Crippen LogP contribution in [0.5, 0.6) is 11.5 Å². The number of fused-ring (bicyclic) bond motifs is 1. The number of aromatic nitrogens is 2. The van der Waals surface area contributed by atoms with Gasteiger partial charge in [0.15, 0.2) is 0 Å². The second-order valence-corrected chi connectivity index (χ2v) is 8.61. The molecule has 10 nitrogen and oxygen atoms in total. The molecule has 2 aromatic heterocycles. The fourth-order valence-corrected chi connectivity index (χ4v) is 3.96. The van der Waals surface area contributed by atoms with Crippen LogP contribution in [0, 0.1) is 0 Å². The molecule has 0 fully saturated rings. The van der Waals surface area contributed by atoms with E-state index in [1.54, 1.807) is 32.0 Å². The fraction of sp³-hybridized carbons (Fsp3) is 0.462. The van der Waals surface area contributed by atoms with Crippen LogP contribution < -0.4 is 26.1 Å². The molecule has 0 radical (unpaired) electrons. The summed E-state index contributed by atoms with van der Waals surface area (Å²) in [4.78, 5) is 19.4. The number of methoxy groups -OCH3 is 2. The summed E-state index contributed by atoms with van der Waals surface area (Å²) in [5.41, 5.74) is 7.99. The number of ether oxygens (including phenoxy) is 4. The summed E-state index contributed by atoms with van der Waals surface area (Å²) in [5, 5.41) is 4.59. The van der Waals surface area contributed by atoms with Crippen molar-refractivity contribution >= 4 is 16.6 Å². The molecule has 0 saturated heterocycles. The standard InChI is InChI=1S/C26H37N5O5/c1-30(2)16-22-23(33-4)12-18(13-24(22)34-5)21-17-31(3)26(32)20-15-29-25(14-19(20)21)28-7-9-36-11-10-35-8-6-27/h12-15,17H,6-11,16,27H2,1-5H3,(H,28,29). The first-order valence-corrected chi connectivity index (χ1v) is 11.9. The van der Waals surface area contributed by atoms with Gasteiger partial charge in [-0.3, -0.25) is 4.79 Å². The summed E-state index contributed by atoms with van der Waals surface area (Å²) in [6.45, 7) is 3.77. The number of nitrogens with zero attached hydrogens (tertiary/aromatic N) is 3. The van der Waals surface area contributed by atoms with Gasteiger partial charge in [0.25, 0.3) is 5.56 Å². The number of nitrogens with one attached hydrogen (secondary N) is 1. The second kappa shape index (κ2) is 13.2. The maximum Gasteiger partial charge on any atom is 0.259 e. The molecule has 3 aromatic rings. The van der Waals surface area contributed by atoms with Crippen molar-refractivity contribution in [1.29, 1.82) is 0 Å². The number of hydrogen-bond donors (Lipinski definition) is 2. The average molecular weight is 500 g/mol. The molecular formula is C26H37N5O5. The molecule has 0 aliphatic rings. The number of aryl methyl sites for hydroxylation is 1. The Hall–Kier alpha value is -3.18. The van der Waals surface area contributed by atoms with E-state index in [0.717, 1.165) is 33.6 Å². The van der Waals surface area contributed by atoms with Gasteiger partial charge < -0.3 is 39.5 Å². The number of rotatable bonds is 14. The van der Waals surface area contributed by atoms with Gasteiger partial charge in [-0.15, -0.1) is 0 Å². The second-order valence-electron chi connectivity index (χ2n) is 8.61. The average Bonchev–Trinajstić information content (AvgIpc) is 2.87. The Balaban J connectivity index is 1.92. The molecule has 0 amide bonds. The molecule has 2 heterocycles. The Bertz CT molecular complexity index is 1190. The van der Waals surface area contributed by atoms with Crippen molar-refractivity contribution < 1.29 is 18.9 Å². The van der Waals surface area contributed by atoms with Crippen molar-refractivity contribution in [1.82, 2.24) is 14.5 Å². The lowest BCUT2D eigenvalue weighted by atomic mass is 9.98. The highest BCUT2D eigenvalue weighted by Gasteiger charge is 2.17. The molecule has 3 rings (SSSR count). The van der Waals surface area contributed by atoms with Gasteiger partial charge in [-0.1, -0.05) is 0 Å². The van der Waals surface area contributed by atoms with E-state index < -0.39 is 0 Å². The van der Waals surface area contributed by atoms with E-state index in [4.69, 9.17) is 24.7 Å². The summed E-state index contributed by atoms with van der Waals surface area (Å²) >= 11 is 0. The Kier molecular flexibility index (Phi) is 10.1. The van der Waals surface area contributed by atoms with Crippen LogP contribution in [0.1, 0.15) is 5.56 Å². The van der Waals surface area contributed by atoms with Gasteiger partial charge in [-0.25, -0.2) is 4.98 Å². The van der Waals surface area contributed by atoms with Gasteiger partial charge >= 0.3 is 0 Å². The first-order chi connectivity index (χ1) is 17.4. The van der Waals surface area contributed by atoms with Gasteiger partial charge in [-0.05, 0) is 37.9 Å². The molecule has 0 bridgehead atoms. The Labute approximate surface area is 211 Å². The topological polar surface area (TPSA) is 113 Å². The molecule has 196 valence electrons. The minimum atomic E-state index is -0.114. The number of pyridine rings is 2. The third kappa shape index (κ3) is 6.73. The lowest BCUT2D eigenvalue weighted by Crippen LogP contribution is -2.18. The number of anilines is 1. The summed E-state index contributed by atoms with van der Waals surface area (Å²) < 4.78 is 23.9.